The Kier molecular flexibility index (Phi) is 4.74. The summed E-state index contributed by atoms with van der Waals surface area (Å²) >= 11 is 3.27. The van der Waals surface area contributed by atoms with Gasteiger partial charge in [0.25, 0.3) is 0 Å². The fourth-order valence-electron chi connectivity index (χ4n) is 5.74. The van der Waals surface area contributed by atoms with Crippen LogP contribution in [0, 0.1) is 5.82 Å². The number of thiazole rings is 1. The van der Waals surface area contributed by atoms with Gasteiger partial charge in [-0.15, -0.1) is 22.7 Å². The van der Waals surface area contributed by atoms with Gasteiger partial charge in [-0.3, -0.25) is 0 Å². The number of halogens is 1. The summed E-state index contributed by atoms with van der Waals surface area (Å²) in [6.45, 7) is 1.16. The van der Waals surface area contributed by atoms with Crippen LogP contribution < -0.4 is 5.32 Å². The number of benzene rings is 1. The molecule has 1 unspecified atom stereocenters. The first-order valence-corrected chi connectivity index (χ1v) is 12.7. The summed E-state index contributed by atoms with van der Waals surface area (Å²) in [6, 6.07) is 7.62. The maximum Gasteiger partial charge on any atom is 0.148 e. The van der Waals surface area contributed by atoms with Gasteiger partial charge >= 0.3 is 0 Å². The van der Waals surface area contributed by atoms with Crippen molar-refractivity contribution in [2.75, 3.05) is 18.9 Å². The van der Waals surface area contributed by atoms with Gasteiger partial charge in [0.05, 0.1) is 27.1 Å². The minimum Gasteiger partial charge on any atom is -0.352 e. The average Bonchev–Trinajstić information content (AvgIpc) is 3.48. The molecule has 31 heavy (non-hydrogen) atoms. The number of likely N-dealkylation sites (tertiary alicyclic amines) is 1. The van der Waals surface area contributed by atoms with E-state index in [2.05, 4.69) is 33.3 Å². The van der Waals surface area contributed by atoms with Gasteiger partial charge in [0, 0.05) is 27.9 Å². The molecule has 0 radical (unpaired) electrons. The van der Waals surface area contributed by atoms with Crippen molar-refractivity contribution in [2.45, 2.75) is 50.0 Å². The summed E-state index contributed by atoms with van der Waals surface area (Å²) in [5.74, 6) is 0.309. The lowest BCUT2D eigenvalue weighted by atomic mass is 9.73. The van der Waals surface area contributed by atoms with Gasteiger partial charge in [-0.05, 0) is 57.1 Å². The monoisotopic (exact) mass is 452 g/mol. The molecule has 4 aromatic rings. The fourth-order valence-corrected chi connectivity index (χ4v) is 7.70. The second-order valence-corrected chi connectivity index (χ2v) is 10.9. The number of aromatic nitrogens is 2. The van der Waals surface area contributed by atoms with E-state index < -0.39 is 0 Å². The van der Waals surface area contributed by atoms with Gasteiger partial charge in [0.1, 0.15) is 10.6 Å². The first-order valence-electron chi connectivity index (χ1n) is 11.0. The normalized spacial score (nSPS) is 21.4. The Morgan fingerprint density at radius 1 is 1.13 bits per heavy atom. The molecule has 1 aliphatic carbocycles. The Morgan fingerprint density at radius 3 is 2.87 bits per heavy atom. The van der Waals surface area contributed by atoms with E-state index in [1.54, 1.807) is 17.6 Å². The number of hydrogen-bond acceptors (Lipinski definition) is 6. The van der Waals surface area contributed by atoms with Crippen molar-refractivity contribution < 1.29 is 4.39 Å². The zero-order valence-corrected chi connectivity index (χ0v) is 19.2. The molecule has 0 amide bonds. The SMILES string of the molecule is CN1CCC(c2cc3c(Nc4cc5ncsc5cc4F)ccnc3s2)C12CCCCC2. The molecule has 1 aromatic carbocycles. The minimum absolute atomic E-state index is 0.254. The first kappa shape index (κ1) is 19.6. The number of fused-ring (bicyclic) bond motifs is 2. The van der Waals surface area contributed by atoms with Crippen molar-refractivity contribution >= 4 is 54.5 Å². The van der Waals surface area contributed by atoms with E-state index in [0.717, 1.165) is 32.7 Å². The highest BCUT2D eigenvalue weighted by Crippen LogP contribution is 2.52. The van der Waals surface area contributed by atoms with Crippen molar-refractivity contribution in [2.24, 2.45) is 0 Å². The Hall–Kier alpha value is -2.09. The van der Waals surface area contributed by atoms with Crippen LogP contribution in [0.15, 0.2) is 36.0 Å². The second kappa shape index (κ2) is 7.50. The zero-order chi connectivity index (χ0) is 21.0. The average molecular weight is 453 g/mol. The maximum atomic E-state index is 14.7. The van der Waals surface area contributed by atoms with Crippen LogP contribution in [0.25, 0.3) is 20.4 Å². The van der Waals surface area contributed by atoms with Gasteiger partial charge in [-0.25, -0.2) is 14.4 Å². The molecule has 1 saturated heterocycles. The molecule has 2 fully saturated rings. The molecular weight excluding hydrogens is 427 g/mol. The molecule has 0 bridgehead atoms. The third-order valence-corrected chi connectivity index (χ3v) is 9.32. The van der Waals surface area contributed by atoms with E-state index in [0.29, 0.717) is 17.1 Å². The molecule has 4 nitrogen and oxygen atoms in total. The minimum atomic E-state index is -0.254. The van der Waals surface area contributed by atoms with Gasteiger partial charge in [0.15, 0.2) is 0 Å². The summed E-state index contributed by atoms with van der Waals surface area (Å²) in [7, 11) is 2.31. The van der Waals surface area contributed by atoms with Crippen LogP contribution in [0.3, 0.4) is 0 Å². The molecule has 3 aromatic heterocycles. The van der Waals surface area contributed by atoms with E-state index in [9.17, 15) is 4.39 Å². The highest BCUT2D eigenvalue weighted by atomic mass is 32.1. The lowest BCUT2D eigenvalue weighted by Gasteiger charge is -2.43. The molecule has 1 spiro atoms. The molecule has 4 heterocycles. The number of anilines is 2. The largest absolute Gasteiger partial charge is 0.352 e. The molecule has 6 rings (SSSR count). The molecule has 7 heteroatoms. The summed E-state index contributed by atoms with van der Waals surface area (Å²) < 4.78 is 15.6. The van der Waals surface area contributed by atoms with Crippen LogP contribution >= 0.6 is 22.7 Å². The highest BCUT2D eigenvalue weighted by Gasteiger charge is 2.48. The van der Waals surface area contributed by atoms with Crippen molar-refractivity contribution in [3.05, 3.63) is 46.7 Å². The molecular formula is C24H25FN4S2. The van der Waals surface area contributed by atoms with Crippen molar-refractivity contribution in [1.29, 1.82) is 0 Å². The highest BCUT2D eigenvalue weighted by molar-refractivity contribution is 7.18. The fraction of sp³-hybridized carbons (Fsp3) is 0.417. The number of hydrogen-bond donors (Lipinski definition) is 1. The van der Waals surface area contributed by atoms with Crippen molar-refractivity contribution in [3.8, 4) is 0 Å². The second-order valence-electron chi connectivity index (χ2n) is 8.93. The van der Waals surface area contributed by atoms with Crippen LogP contribution in [-0.4, -0.2) is 34.0 Å². The lowest BCUT2D eigenvalue weighted by Crippen LogP contribution is -2.46. The predicted octanol–water partition coefficient (Wildman–Crippen LogP) is 6.91. The number of pyridine rings is 1. The Labute approximate surface area is 189 Å². The smallest absolute Gasteiger partial charge is 0.148 e. The van der Waals surface area contributed by atoms with Gasteiger partial charge in [0.2, 0.25) is 0 Å². The molecule has 2 aliphatic rings. The quantitative estimate of drug-likeness (QED) is 0.367. The number of nitrogens with zero attached hydrogens (tertiary/aromatic N) is 3. The molecule has 1 atom stereocenters. The van der Waals surface area contributed by atoms with Crippen LogP contribution in [-0.2, 0) is 0 Å². The van der Waals surface area contributed by atoms with E-state index in [-0.39, 0.29) is 5.82 Å². The molecule has 160 valence electrons. The number of thiophene rings is 1. The van der Waals surface area contributed by atoms with Gasteiger partial charge < -0.3 is 10.2 Å². The van der Waals surface area contributed by atoms with E-state index >= 15 is 0 Å². The summed E-state index contributed by atoms with van der Waals surface area (Å²) in [4.78, 5) is 14.1. The van der Waals surface area contributed by atoms with Crippen LogP contribution in [0.2, 0.25) is 0 Å². The first-order chi connectivity index (χ1) is 15.1. The summed E-state index contributed by atoms with van der Waals surface area (Å²) in [5.41, 5.74) is 4.24. The van der Waals surface area contributed by atoms with E-state index in [4.69, 9.17) is 0 Å². The van der Waals surface area contributed by atoms with Crippen LogP contribution in [0.4, 0.5) is 15.8 Å². The third-order valence-electron chi connectivity index (χ3n) is 7.37. The molecule has 1 N–H and O–H groups in total. The van der Waals surface area contributed by atoms with Crippen molar-refractivity contribution in [1.82, 2.24) is 14.9 Å². The molecule has 1 saturated carbocycles. The Morgan fingerprint density at radius 2 is 2.00 bits per heavy atom. The lowest BCUT2D eigenvalue weighted by molar-refractivity contribution is 0.106. The number of rotatable bonds is 3. The van der Waals surface area contributed by atoms with E-state index in [1.807, 2.05) is 23.6 Å². The summed E-state index contributed by atoms with van der Waals surface area (Å²) in [5, 5.41) is 4.41. The third kappa shape index (κ3) is 3.17. The van der Waals surface area contributed by atoms with E-state index in [1.165, 1.54) is 54.7 Å². The van der Waals surface area contributed by atoms with Gasteiger partial charge in [-0.1, -0.05) is 19.3 Å². The zero-order valence-electron chi connectivity index (χ0n) is 17.5. The topological polar surface area (TPSA) is 41.0 Å². The van der Waals surface area contributed by atoms with Crippen molar-refractivity contribution in [3.63, 3.8) is 0 Å². The summed E-state index contributed by atoms with van der Waals surface area (Å²) in [6.07, 6.45) is 9.63. The number of nitrogens with one attached hydrogen (secondary N) is 1. The standard InChI is InChI=1S/C24H25FN4S2/c1-29-10-6-16(24(29)7-3-2-4-8-24)21-11-15-18(5-9-26-23(15)31-21)28-19-13-20-22(12-17(19)25)30-14-27-20/h5,9,11-14,16H,2-4,6-8,10H2,1H3,(H,26,28). The maximum absolute atomic E-state index is 14.7. The number of likely N-dealkylation sites (N-methyl/N-ethyl adjacent to an activating group) is 1. The van der Waals surface area contributed by atoms with Crippen LogP contribution in [0.5, 0.6) is 0 Å². The Bertz CT molecular complexity index is 1260. The molecule has 1 aliphatic heterocycles. The van der Waals surface area contributed by atoms with Gasteiger partial charge in [-0.2, -0.15) is 0 Å². The predicted molar refractivity (Wildman–Crippen MR) is 128 cm³/mol. The Balaban J connectivity index is 1.38. The van der Waals surface area contributed by atoms with Crippen LogP contribution in [0.1, 0.15) is 49.3 Å².